The Labute approximate surface area is 196 Å². The van der Waals surface area contributed by atoms with Crippen LogP contribution < -0.4 is 10.6 Å². The lowest BCUT2D eigenvalue weighted by Crippen LogP contribution is -2.40. The van der Waals surface area contributed by atoms with Crippen molar-refractivity contribution in [1.29, 1.82) is 0 Å². The lowest BCUT2D eigenvalue weighted by atomic mass is 9.87. The molecule has 0 radical (unpaired) electrons. The highest BCUT2D eigenvalue weighted by molar-refractivity contribution is 5.74. The van der Waals surface area contributed by atoms with Crippen LogP contribution in [0.3, 0.4) is 0 Å². The fourth-order valence-corrected chi connectivity index (χ4v) is 4.56. The normalized spacial score (nSPS) is 17.8. The summed E-state index contributed by atoms with van der Waals surface area (Å²) in [5.74, 6) is 0.243. The number of nitrogens with zero attached hydrogens (tertiary/aromatic N) is 2. The molecule has 2 N–H and O–H groups in total. The smallest absolute Gasteiger partial charge is 0.315 e. The number of rotatable bonds is 5. The van der Waals surface area contributed by atoms with E-state index in [1.54, 1.807) is 0 Å². The maximum absolute atomic E-state index is 12.4. The van der Waals surface area contributed by atoms with E-state index in [9.17, 15) is 4.79 Å². The maximum Gasteiger partial charge on any atom is 0.315 e. The molecule has 0 aliphatic heterocycles. The average Bonchev–Trinajstić information content (AvgIpc) is 3.35. The van der Waals surface area contributed by atoms with Crippen LogP contribution in [0.1, 0.15) is 61.2 Å². The second kappa shape index (κ2) is 9.26. The molecule has 1 aliphatic rings. The van der Waals surface area contributed by atoms with Gasteiger partial charge in [-0.3, -0.25) is 0 Å². The van der Waals surface area contributed by atoms with Crippen molar-refractivity contribution in [3.63, 3.8) is 0 Å². The second-order valence-corrected chi connectivity index (χ2v) is 9.94. The number of amides is 2. The molecule has 2 atom stereocenters. The summed E-state index contributed by atoms with van der Waals surface area (Å²) in [6.07, 6.45) is 5.14. The van der Waals surface area contributed by atoms with Crippen molar-refractivity contribution in [2.75, 3.05) is 0 Å². The van der Waals surface area contributed by atoms with Gasteiger partial charge in [-0.05, 0) is 48.9 Å². The summed E-state index contributed by atoms with van der Waals surface area (Å²) in [5, 5.41) is 10.9. The first-order valence-electron chi connectivity index (χ1n) is 11.7. The molecule has 3 aromatic rings. The van der Waals surface area contributed by atoms with Crippen molar-refractivity contribution in [2.45, 2.75) is 65.0 Å². The van der Waals surface area contributed by atoms with Gasteiger partial charge in [0.25, 0.3) is 0 Å². The van der Waals surface area contributed by atoms with E-state index in [0.29, 0.717) is 6.54 Å². The SMILES string of the molecule is Cc1nn(-c2ccc(C(C)(C)C)cc2)c(C)c1[C@@H]1C=C[C@@H](NC(=O)NCc2ccccc2)C1. The largest absolute Gasteiger partial charge is 0.334 e. The third kappa shape index (κ3) is 5.19. The fraction of sp³-hybridized carbons (Fsp3) is 0.357. The fourth-order valence-electron chi connectivity index (χ4n) is 4.56. The van der Waals surface area contributed by atoms with E-state index in [4.69, 9.17) is 5.10 Å². The van der Waals surface area contributed by atoms with Gasteiger partial charge in [-0.2, -0.15) is 5.10 Å². The number of nitrogens with one attached hydrogen (secondary N) is 2. The molecule has 0 saturated carbocycles. The molecule has 1 aromatic heterocycles. The summed E-state index contributed by atoms with van der Waals surface area (Å²) < 4.78 is 2.04. The van der Waals surface area contributed by atoms with E-state index in [-0.39, 0.29) is 23.4 Å². The third-order valence-corrected chi connectivity index (χ3v) is 6.39. The van der Waals surface area contributed by atoms with E-state index in [0.717, 1.165) is 29.1 Å². The number of carbonyl (C=O) groups excluding carboxylic acids is 1. The number of benzene rings is 2. The number of aryl methyl sites for hydroxylation is 1. The first kappa shape index (κ1) is 22.8. The van der Waals surface area contributed by atoms with Gasteiger partial charge in [-0.1, -0.05) is 75.4 Å². The van der Waals surface area contributed by atoms with Crippen molar-refractivity contribution >= 4 is 6.03 Å². The van der Waals surface area contributed by atoms with Crippen LogP contribution >= 0.6 is 0 Å². The van der Waals surface area contributed by atoms with Crippen LogP contribution in [-0.2, 0) is 12.0 Å². The van der Waals surface area contributed by atoms with Gasteiger partial charge in [-0.15, -0.1) is 0 Å². The van der Waals surface area contributed by atoms with E-state index < -0.39 is 0 Å². The Morgan fingerprint density at radius 2 is 1.73 bits per heavy atom. The van der Waals surface area contributed by atoms with E-state index in [2.05, 4.69) is 81.7 Å². The molecule has 33 heavy (non-hydrogen) atoms. The molecule has 0 unspecified atom stereocenters. The molecule has 2 amide bonds. The summed E-state index contributed by atoms with van der Waals surface area (Å²) >= 11 is 0. The standard InChI is InChI=1S/C28H34N4O/c1-19-26(20(2)32(31-19)25-15-12-23(13-16-25)28(3,4)5)22-11-14-24(17-22)30-27(33)29-18-21-9-7-6-8-10-21/h6-16,22,24H,17-18H2,1-5H3,(H2,29,30,33)/t22-,24-/m1/s1. The Hall–Kier alpha value is -3.34. The Balaban J connectivity index is 1.41. The molecule has 4 rings (SSSR count). The molecule has 0 spiro atoms. The molecule has 1 heterocycles. The Morgan fingerprint density at radius 3 is 2.39 bits per heavy atom. The predicted octanol–water partition coefficient (Wildman–Crippen LogP) is 5.70. The zero-order chi connectivity index (χ0) is 23.6. The van der Waals surface area contributed by atoms with Gasteiger partial charge >= 0.3 is 6.03 Å². The molecule has 5 heteroatoms. The van der Waals surface area contributed by atoms with Gasteiger partial charge in [-0.25, -0.2) is 9.48 Å². The van der Waals surface area contributed by atoms with Crippen molar-refractivity contribution in [3.05, 3.63) is 94.8 Å². The van der Waals surface area contributed by atoms with Crippen LogP contribution in [0.5, 0.6) is 0 Å². The first-order valence-corrected chi connectivity index (χ1v) is 11.7. The van der Waals surface area contributed by atoms with Gasteiger partial charge in [0.05, 0.1) is 11.4 Å². The number of hydrogen-bond donors (Lipinski definition) is 2. The first-order chi connectivity index (χ1) is 15.7. The Morgan fingerprint density at radius 1 is 1.03 bits per heavy atom. The molecule has 0 bridgehead atoms. The molecule has 1 aliphatic carbocycles. The van der Waals surface area contributed by atoms with Crippen molar-refractivity contribution in [1.82, 2.24) is 20.4 Å². The Bertz CT molecular complexity index is 1140. The van der Waals surface area contributed by atoms with Crippen molar-refractivity contribution < 1.29 is 4.79 Å². The predicted molar refractivity (Wildman–Crippen MR) is 134 cm³/mol. The average molecular weight is 443 g/mol. The highest BCUT2D eigenvalue weighted by Gasteiger charge is 2.27. The quantitative estimate of drug-likeness (QED) is 0.498. The number of aromatic nitrogens is 2. The summed E-state index contributed by atoms with van der Waals surface area (Å²) in [5.41, 5.74) is 7.04. The number of carbonyl (C=O) groups is 1. The molecule has 0 fully saturated rings. The van der Waals surface area contributed by atoms with Gasteiger partial charge in [0, 0.05) is 29.8 Å². The van der Waals surface area contributed by atoms with Crippen molar-refractivity contribution in [2.24, 2.45) is 0 Å². The topological polar surface area (TPSA) is 59.0 Å². The lowest BCUT2D eigenvalue weighted by Gasteiger charge is -2.19. The Kier molecular flexibility index (Phi) is 6.41. The zero-order valence-corrected chi connectivity index (χ0v) is 20.2. The highest BCUT2D eigenvalue weighted by Crippen LogP contribution is 2.34. The molecule has 2 aromatic carbocycles. The lowest BCUT2D eigenvalue weighted by molar-refractivity contribution is 0.238. The maximum atomic E-state index is 12.4. The minimum Gasteiger partial charge on any atom is -0.334 e. The summed E-state index contributed by atoms with van der Waals surface area (Å²) in [6.45, 7) is 11.4. The monoisotopic (exact) mass is 442 g/mol. The van der Waals surface area contributed by atoms with Crippen LogP contribution in [-0.4, -0.2) is 21.9 Å². The van der Waals surface area contributed by atoms with Crippen molar-refractivity contribution in [3.8, 4) is 5.69 Å². The molecule has 5 nitrogen and oxygen atoms in total. The summed E-state index contributed by atoms with van der Waals surface area (Å²) in [7, 11) is 0. The van der Waals surface area contributed by atoms with Crippen LogP contribution in [0, 0.1) is 13.8 Å². The van der Waals surface area contributed by atoms with E-state index >= 15 is 0 Å². The van der Waals surface area contributed by atoms with Gasteiger partial charge < -0.3 is 10.6 Å². The second-order valence-electron chi connectivity index (χ2n) is 9.94. The highest BCUT2D eigenvalue weighted by atomic mass is 16.2. The van der Waals surface area contributed by atoms with Crippen LogP contribution in [0.4, 0.5) is 4.79 Å². The van der Waals surface area contributed by atoms with E-state index in [1.807, 2.05) is 35.0 Å². The molecular weight excluding hydrogens is 408 g/mol. The zero-order valence-electron chi connectivity index (χ0n) is 20.2. The minimum atomic E-state index is -0.141. The van der Waals surface area contributed by atoms with E-state index in [1.165, 1.54) is 11.1 Å². The van der Waals surface area contributed by atoms with Crippen LogP contribution in [0.15, 0.2) is 66.7 Å². The molecule has 0 saturated heterocycles. The molecule has 172 valence electrons. The number of allylic oxidation sites excluding steroid dienone is 1. The summed E-state index contributed by atoms with van der Waals surface area (Å²) in [4.78, 5) is 12.4. The van der Waals surface area contributed by atoms with Crippen LogP contribution in [0.2, 0.25) is 0 Å². The van der Waals surface area contributed by atoms with Crippen LogP contribution in [0.25, 0.3) is 5.69 Å². The molecular formula is C28H34N4O. The minimum absolute atomic E-state index is 0.0130. The number of hydrogen-bond acceptors (Lipinski definition) is 2. The third-order valence-electron chi connectivity index (χ3n) is 6.39. The summed E-state index contributed by atoms with van der Waals surface area (Å²) in [6, 6.07) is 18.5. The van der Waals surface area contributed by atoms with Gasteiger partial charge in [0.1, 0.15) is 0 Å². The van der Waals surface area contributed by atoms with Gasteiger partial charge in [0.2, 0.25) is 0 Å². The van der Waals surface area contributed by atoms with Gasteiger partial charge in [0.15, 0.2) is 0 Å². The number of urea groups is 1.